The van der Waals surface area contributed by atoms with Crippen LogP contribution in [-0.2, 0) is 24.1 Å². The lowest BCUT2D eigenvalue weighted by Crippen LogP contribution is -2.27. The molecule has 1 heterocycles. The number of aromatic nitrogens is 1. The molecule has 128 valence electrons. The highest BCUT2D eigenvalue weighted by molar-refractivity contribution is 7.15. The van der Waals surface area contributed by atoms with Crippen LogP contribution in [0.3, 0.4) is 0 Å². The number of nitrogens with one attached hydrogen (secondary N) is 1. The quantitative estimate of drug-likeness (QED) is 0.636. The van der Waals surface area contributed by atoms with Crippen LogP contribution in [0.4, 0.5) is 10.8 Å². The van der Waals surface area contributed by atoms with Gasteiger partial charge in [-0.1, -0.05) is 12.1 Å². The molecule has 0 unspecified atom stereocenters. The van der Waals surface area contributed by atoms with Crippen LogP contribution in [-0.4, -0.2) is 21.9 Å². The van der Waals surface area contributed by atoms with Gasteiger partial charge in [-0.25, -0.2) is 4.98 Å². The average Bonchev–Trinajstić information content (AvgIpc) is 2.88. The maximum Gasteiger partial charge on any atom is 0.269 e. The van der Waals surface area contributed by atoms with Crippen LogP contribution >= 0.6 is 23.7 Å². The minimum absolute atomic E-state index is 0. The Kier molecular flexibility index (Phi) is 5.87. The Morgan fingerprint density at radius 3 is 2.79 bits per heavy atom. The molecule has 24 heavy (non-hydrogen) atoms. The van der Waals surface area contributed by atoms with Gasteiger partial charge in [0.15, 0.2) is 5.13 Å². The molecule has 0 fully saturated rings. The number of carbonyl (C=O) groups is 1. The Balaban J connectivity index is 0.00000208. The third-order valence-corrected chi connectivity index (χ3v) is 4.77. The lowest BCUT2D eigenvalue weighted by atomic mass is 9.99. The first kappa shape index (κ1) is 18.3. The number of benzene rings is 1. The van der Waals surface area contributed by atoms with Crippen molar-refractivity contribution in [1.82, 2.24) is 4.98 Å². The van der Waals surface area contributed by atoms with Crippen LogP contribution in [0.15, 0.2) is 24.3 Å². The summed E-state index contributed by atoms with van der Waals surface area (Å²) in [4.78, 5) is 27.8. The molecular weight excluding hydrogens is 352 g/mol. The number of nitro benzene ring substituents is 1. The van der Waals surface area contributed by atoms with E-state index >= 15 is 0 Å². The van der Waals surface area contributed by atoms with E-state index in [0.717, 1.165) is 35.4 Å². The molecule has 0 saturated heterocycles. The molecule has 0 saturated carbocycles. The molecular formula is C15H17ClN4O3S. The molecule has 2 aromatic rings. The fraction of sp³-hybridized carbons (Fsp3) is 0.333. The highest BCUT2D eigenvalue weighted by Crippen LogP contribution is 2.29. The van der Waals surface area contributed by atoms with Crippen molar-refractivity contribution in [3.05, 3.63) is 50.5 Å². The first-order chi connectivity index (χ1) is 11.0. The molecule has 0 spiro atoms. The first-order valence-corrected chi connectivity index (χ1v) is 8.10. The molecule has 3 N–H and O–H groups in total. The van der Waals surface area contributed by atoms with Crippen molar-refractivity contribution in [2.75, 3.05) is 5.32 Å². The SMILES string of the molecule is Cl.N[C@H]1CCc2nc(NC(=O)Cc3ccc([N+](=O)[O-])cc3)sc2C1. The van der Waals surface area contributed by atoms with E-state index in [9.17, 15) is 14.9 Å². The molecule has 1 aromatic carbocycles. The predicted molar refractivity (Wildman–Crippen MR) is 94.8 cm³/mol. The minimum atomic E-state index is -0.464. The Hall–Kier alpha value is -2.03. The van der Waals surface area contributed by atoms with Crippen molar-refractivity contribution in [2.24, 2.45) is 5.73 Å². The number of amides is 1. The number of fused-ring (bicyclic) bond motifs is 1. The van der Waals surface area contributed by atoms with E-state index < -0.39 is 4.92 Å². The van der Waals surface area contributed by atoms with Gasteiger partial charge in [0, 0.05) is 23.1 Å². The smallest absolute Gasteiger partial charge is 0.269 e. The molecule has 0 bridgehead atoms. The Morgan fingerprint density at radius 1 is 1.42 bits per heavy atom. The lowest BCUT2D eigenvalue weighted by molar-refractivity contribution is -0.384. The maximum atomic E-state index is 12.1. The van der Waals surface area contributed by atoms with E-state index in [-0.39, 0.29) is 36.5 Å². The number of rotatable bonds is 4. The number of halogens is 1. The summed E-state index contributed by atoms with van der Waals surface area (Å²) in [6.45, 7) is 0. The maximum absolute atomic E-state index is 12.1. The molecule has 1 aromatic heterocycles. The number of hydrogen-bond acceptors (Lipinski definition) is 6. The number of nitrogens with zero attached hydrogens (tertiary/aromatic N) is 2. The second kappa shape index (κ2) is 7.69. The third kappa shape index (κ3) is 4.28. The van der Waals surface area contributed by atoms with E-state index in [0.29, 0.717) is 5.13 Å². The van der Waals surface area contributed by atoms with Gasteiger partial charge in [-0.15, -0.1) is 23.7 Å². The Morgan fingerprint density at radius 2 is 2.12 bits per heavy atom. The van der Waals surface area contributed by atoms with E-state index in [2.05, 4.69) is 10.3 Å². The summed E-state index contributed by atoms with van der Waals surface area (Å²) in [5, 5.41) is 14.0. The fourth-order valence-corrected chi connectivity index (χ4v) is 3.66. The van der Waals surface area contributed by atoms with Crippen molar-refractivity contribution >= 4 is 40.5 Å². The Bertz CT molecular complexity index is 748. The molecule has 0 radical (unpaired) electrons. The number of carbonyl (C=O) groups excluding carboxylic acids is 1. The summed E-state index contributed by atoms with van der Waals surface area (Å²) in [5.74, 6) is -0.186. The highest BCUT2D eigenvalue weighted by atomic mass is 35.5. The number of thiazole rings is 1. The average molecular weight is 369 g/mol. The van der Waals surface area contributed by atoms with Gasteiger partial charge in [-0.3, -0.25) is 14.9 Å². The molecule has 1 aliphatic carbocycles. The van der Waals surface area contributed by atoms with Crippen LogP contribution in [0, 0.1) is 10.1 Å². The summed E-state index contributed by atoms with van der Waals surface area (Å²) in [5.41, 5.74) is 7.70. The monoisotopic (exact) mass is 368 g/mol. The zero-order valence-electron chi connectivity index (χ0n) is 12.7. The van der Waals surface area contributed by atoms with Gasteiger partial charge in [0.1, 0.15) is 0 Å². The van der Waals surface area contributed by atoms with Crippen LogP contribution in [0.25, 0.3) is 0 Å². The number of aryl methyl sites for hydroxylation is 1. The highest BCUT2D eigenvalue weighted by Gasteiger charge is 2.20. The van der Waals surface area contributed by atoms with Crippen LogP contribution in [0.1, 0.15) is 22.6 Å². The van der Waals surface area contributed by atoms with Gasteiger partial charge in [-0.05, 0) is 24.8 Å². The summed E-state index contributed by atoms with van der Waals surface area (Å²) in [7, 11) is 0. The van der Waals surface area contributed by atoms with Gasteiger partial charge < -0.3 is 11.1 Å². The summed E-state index contributed by atoms with van der Waals surface area (Å²) in [6.07, 6.45) is 2.74. The van der Waals surface area contributed by atoms with E-state index in [1.165, 1.54) is 23.5 Å². The van der Waals surface area contributed by atoms with Crippen LogP contribution in [0.2, 0.25) is 0 Å². The summed E-state index contributed by atoms with van der Waals surface area (Å²) >= 11 is 1.47. The number of non-ortho nitro benzene ring substituents is 1. The van der Waals surface area contributed by atoms with E-state index in [4.69, 9.17) is 5.73 Å². The molecule has 1 aliphatic rings. The second-order valence-corrected chi connectivity index (χ2v) is 6.62. The van der Waals surface area contributed by atoms with Crippen molar-refractivity contribution in [3.8, 4) is 0 Å². The standard InChI is InChI=1S/C15H16N4O3S.ClH/c16-10-3-6-12-13(8-10)23-15(17-12)18-14(20)7-9-1-4-11(5-2-9)19(21)22;/h1-2,4-5,10H,3,6-8,16H2,(H,17,18,20);1H/t10-;/m0./s1. The zero-order chi connectivity index (χ0) is 16.4. The summed E-state index contributed by atoms with van der Waals surface area (Å²) < 4.78 is 0. The minimum Gasteiger partial charge on any atom is -0.327 e. The normalized spacial score (nSPS) is 16.0. The van der Waals surface area contributed by atoms with Crippen molar-refractivity contribution < 1.29 is 9.72 Å². The molecule has 3 rings (SSSR count). The number of hydrogen-bond donors (Lipinski definition) is 2. The van der Waals surface area contributed by atoms with E-state index in [1.54, 1.807) is 12.1 Å². The largest absolute Gasteiger partial charge is 0.327 e. The fourth-order valence-electron chi connectivity index (χ4n) is 2.54. The van der Waals surface area contributed by atoms with Gasteiger partial charge in [0.25, 0.3) is 5.69 Å². The molecule has 7 nitrogen and oxygen atoms in total. The first-order valence-electron chi connectivity index (χ1n) is 7.28. The summed E-state index contributed by atoms with van der Waals surface area (Å²) in [6, 6.07) is 6.14. The van der Waals surface area contributed by atoms with Crippen LogP contribution < -0.4 is 11.1 Å². The van der Waals surface area contributed by atoms with Crippen molar-refractivity contribution in [2.45, 2.75) is 31.7 Å². The molecule has 9 heteroatoms. The topological polar surface area (TPSA) is 111 Å². The van der Waals surface area contributed by atoms with Crippen molar-refractivity contribution in [1.29, 1.82) is 0 Å². The lowest BCUT2D eigenvalue weighted by Gasteiger charge is -2.15. The third-order valence-electron chi connectivity index (χ3n) is 3.74. The van der Waals surface area contributed by atoms with E-state index in [1.807, 2.05) is 0 Å². The van der Waals surface area contributed by atoms with Gasteiger partial charge >= 0.3 is 0 Å². The Labute approximate surface area is 148 Å². The predicted octanol–water partition coefficient (Wildman–Crippen LogP) is 2.47. The van der Waals surface area contributed by atoms with Crippen molar-refractivity contribution in [3.63, 3.8) is 0 Å². The number of nitro groups is 1. The zero-order valence-corrected chi connectivity index (χ0v) is 14.4. The second-order valence-electron chi connectivity index (χ2n) is 5.54. The number of nitrogens with two attached hydrogens (primary N) is 1. The number of anilines is 1. The van der Waals surface area contributed by atoms with Crippen LogP contribution in [0.5, 0.6) is 0 Å². The van der Waals surface area contributed by atoms with Gasteiger partial charge in [0.2, 0.25) is 5.91 Å². The molecule has 1 amide bonds. The molecule has 1 atom stereocenters. The molecule has 0 aliphatic heterocycles. The van der Waals surface area contributed by atoms with Gasteiger partial charge in [-0.2, -0.15) is 0 Å². The van der Waals surface area contributed by atoms with Gasteiger partial charge in [0.05, 0.1) is 17.0 Å².